The third-order valence-corrected chi connectivity index (χ3v) is 16.8. The minimum atomic E-state index is -0.767. The summed E-state index contributed by atoms with van der Waals surface area (Å²) in [6.07, 6.45) is 92.0. The van der Waals surface area contributed by atoms with Gasteiger partial charge >= 0.3 is 17.9 Å². The maximum absolute atomic E-state index is 12.9. The molecule has 0 aliphatic rings. The Kier molecular flexibility index (Phi) is 69.6. The van der Waals surface area contributed by atoms with Gasteiger partial charge in [-0.2, -0.15) is 0 Å². The smallest absolute Gasteiger partial charge is 0.306 e. The number of rotatable bonds is 69. The molecule has 486 valence electrons. The summed E-state index contributed by atoms with van der Waals surface area (Å²) in [7, 11) is 0. The molecule has 0 radical (unpaired) electrons. The molecule has 0 N–H and O–H groups in total. The fraction of sp³-hybridized carbons (Fsp3) is 0.857. The lowest BCUT2D eigenvalue weighted by Gasteiger charge is -2.18. The zero-order valence-corrected chi connectivity index (χ0v) is 56.0. The Labute approximate surface area is 518 Å². The number of hydrogen-bond donors (Lipinski definition) is 0. The van der Waals surface area contributed by atoms with E-state index in [2.05, 4.69) is 69.4 Å². The van der Waals surface area contributed by atoms with Crippen molar-refractivity contribution >= 4 is 17.9 Å². The molecule has 0 aromatic carbocycles. The van der Waals surface area contributed by atoms with Crippen LogP contribution in [0.15, 0.2) is 48.6 Å². The lowest BCUT2D eigenvalue weighted by Crippen LogP contribution is -2.30. The Morgan fingerprint density at radius 2 is 0.470 bits per heavy atom. The summed E-state index contributed by atoms with van der Waals surface area (Å²) in [6.45, 7) is 6.56. The zero-order chi connectivity index (χ0) is 59.9. The Morgan fingerprint density at radius 1 is 0.253 bits per heavy atom. The third kappa shape index (κ3) is 70.0. The maximum Gasteiger partial charge on any atom is 0.306 e. The van der Waals surface area contributed by atoms with Crippen LogP contribution in [0.5, 0.6) is 0 Å². The molecule has 0 aliphatic carbocycles. The Bertz CT molecular complexity index is 1430. The topological polar surface area (TPSA) is 78.9 Å². The molecule has 0 spiro atoms. The molecule has 0 bridgehead atoms. The molecule has 0 rings (SSSR count). The first kappa shape index (κ1) is 80.4. The monoisotopic (exact) mass is 1160 g/mol. The van der Waals surface area contributed by atoms with Crippen molar-refractivity contribution in [3.8, 4) is 0 Å². The lowest BCUT2D eigenvalue weighted by atomic mass is 10.0. The van der Waals surface area contributed by atoms with E-state index >= 15 is 0 Å². The molecular weight excluding hydrogens is 1020 g/mol. The molecule has 0 aromatic rings. The van der Waals surface area contributed by atoms with Gasteiger partial charge in [-0.1, -0.05) is 378 Å². The highest BCUT2D eigenvalue weighted by molar-refractivity contribution is 5.71. The minimum Gasteiger partial charge on any atom is -0.462 e. The van der Waals surface area contributed by atoms with Crippen molar-refractivity contribution in [2.24, 2.45) is 0 Å². The fourth-order valence-electron chi connectivity index (χ4n) is 11.3. The summed E-state index contributed by atoms with van der Waals surface area (Å²) < 4.78 is 16.9. The molecular formula is C77H142O6. The Morgan fingerprint density at radius 3 is 0.735 bits per heavy atom. The van der Waals surface area contributed by atoms with Crippen LogP contribution >= 0.6 is 0 Å². The van der Waals surface area contributed by atoms with Crippen LogP contribution in [0.2, 0.25) is 0 Å². The molecule has 0 aliphatic heterocycles. The summed E-state index contributed by atoms with van der Waals surface area (Å²) >= 11 is 0. The first-order valence-electron chi connectivity index (χ1n) is 37.1. The SMILES string of the molecule is CC/C=C\C/C=C\C/C=C\C/C=C\CCCCCCCCCCCCCCCCCCCCC(=O)OCC(COC(=O)CCCCCCCCC)OC(=O)CCCCCCCCCCCCCCCCCCCCCCCCCCCCC. The summed E-state index contributed by atoms with van der Waals surface area (Å²) in [6, 6.07) is 0. The van der Waals surface area contributed by atoms with Crippen molar-refractivity contribution in [1.82, 2.24) is 0 Å². The molecule has 1 unspecified atom stereocenters. The lowest BCUT2D eigenvalue weighted by molar-refractivity contribution is -0.167. The number of carbonyl (C=O) groups excluding carboxylic acids is 3. The summed E-state index contributed by atoms with van der Waals surface area (Å²) in [5.74, 6) is -0.843. The molecule has 0 amide bonds. The molecule has 0 fully saturated rings. The van der Waals surface area contributed by atoms with E-state index in [1.165, 1.54) is 283 Å². The number of hydrogen-bond acceptors (Lipinski definition) is 6. The first-order valence-corrected chi connectivity index (χ1v) is 37.1. The molecule has 6 nitrogen and oxygen atoms in total. The fourth-order valence-corrected chi connectivity index (χ4v) is 11.3. The van der Waals surface area contributed by atoms with E-state index in [1.807, 2.05) is 0 Å². The first-order chi connectivity index (χ1) is 41.0. The van der Waals surface area contributed by atoms with Gasteiger partial charge in [-0.15, -0.1) is 0 Å². The second kappa shape index (κ2) is 71.8. The van der Waals surface area contributed by atoms with E-state index in [0.717, 1.165) is 83.5 Å². The Hall–Kier alpha value is -2.63. The normalized spacial score (nSPS) is 12.3. The number of ether oxygens (including phenoxy) is 3. The quantitative estimate of drug-likeness (QED) is 0.0261. The van der Waals surface area contributed by atoms with Gasteiger partial charge < -0.3 is 14.2 Å². The number of allylic oxidation sites excluding steroid dienone is 8. The van der Waals surface area contributed by atoms with Crippen molar-refractivity contribution in [2.45, 2.75) is 412 Å². The zero-order valence-electron chi connectivity index (χ0n) is 56.0. The van der Waals surface area contributed by atoms with Gasteiger partial charge in [-0.25, -0.2) is 0 Å². The van der Waals surface area contributed by atoms with E-state index in [1.54, 1.807) is 0 Å². The number of carbonyl (C=O) groups is 3. The third-order valence-electron chi connectivity index (χ3n) is 16.8. The highest BCUT2D eigenvalue weighted by atomic mass is 16.6. The van der Waals surface area contributed by atoms with Gasteiger partial charge in [-0.05, 0) is 57.8 Å². The summed E-state index contributed by atoms with van der Waals surface area (Å²) in [4.78, 5) is 38.2. The Balaban J connectivity index is 3.98. The number of unbranched alkanes of at least 4 members (excludes halogenated alkanes) is 50. The van der Waals surface area contributed by atoms with Crippen LogP contribution in [-0.4, -0.2) is 37.2 Å². The highest BCUT2D eigenvalue weighted by Crippen LogP contribution is 2.19. The second-order valence-electron chi connectivity index (χ2n) is 25.2. The van der Waals surface area contributed by atoms with Crippen molar-refractivity contribution in [2.75, 3.05) is 13.2 Å². The largest absolute Gasteiger partial charge is 0.462 e. The van der Waals surface area contributed by atoms with Gasteiger partial charge in [0.25, 0.3) is 0 Å². The van der Waals surface area contributed by atoms with E-state index < -0.39 is 6.10 Å². The minimum absolute atomic E-state index is 0.0660. The summed E-state index contributed by atoms with van der Waals surface area (Å²) in [5.41, 5.74) is 0. The molecule has 1 atom stereocenters. The molecule has 0 saturated heterocycles. The van der Waals surface area contributed by atoms with Crippen LogP contribution in [0.4, 0.5) is 0 Å². The average Bonchev–Trinajstić information content (AvgIpc) is 3.50. The van der Waals surface area contributed by atoms with Crippen LogP contribution < -0.4 is 0 Å². The van der Waals surface area contributed by atoms with Crippen molar-refractivity contribution in [3.05, 3.63) is 48.6 Å². The van der Waals surface area contributed by atoms with E-state index in [0.29, 0.717) is 19.3 Å². The van der Waals surface area contributed by atoms with Gasteiger partial charge in [-0.3, -0.25) is 14.4 Å². The molecule has 0 aromatic heterocycles. The molecule has 0 heterocycles. The van der Waals surface area contributed by atoms with Gasteiger partial charge in [0.05, 0.1) is 0 Å². The average molecular weight is 1160 g/mol. The standard InChI is InChI=1S/C77H142O6/c1-4-7-10-13-16-18-20-22-24-26-28-30-32-34-36-37-38-39-41-42-44-46-48-50-52-54-56-58-61-64-67-70-76(79)82-73-74(72-81-75(78)69-66-63-60-15-12-9-6-3)83-77(80)71-68-65-62-59-57-55-53-51-49-47-45-43-40-35-33-31-29-27-25-23-21-19-17-14-11-8-5-2/h7,10,16,18,22,24,28,30,74H,4-6,8-9,11-15,17,19-21,23,25-27,29,31-73H2,1-3H3/b10-7-,18-16-,24-22-,30-28-. The van der Waals surface area contributed by atoms with Crippen LogP contribution in [-0.2, 0) is 28.6 Å². The van der Waals surface area contributed by atoms with Gasteiger partial charge in [0, 0.05) is 19.3 Å². The maximum atomic E-state index is 12.9. The molecule has 0 saturated carbocycles. The van der Waals surface area contributed by atoms with Gasteiger partial charge in [0.2, 0.25) is 0 Å². The van der Waals surface area contributed by atoms with Gasteiger partial charge in [0.15, 0.2) is 6.10 Å². The highest BCUT2D eigenvalue weighted by Gasteiger charge is 2.20. The van der Waals surface area contributed by atoms with Crippen LogP contribution in [0, 0.1) is 0 Å². The van der Waals surface area contributed by atoms with Crippen molar-refractivity contribution in [3.63, 3.8) is 0 Å². The predicted molar refractivity (Wildman–Crippen MR) is 362 cm³/mol. The van der Waals surface area contributed by atoms with Gasteiger partial charge in [0.1, 0.15) is 13.2 Å². The van der Waals surface area contributed by atoms with E-state index in [-0.39, 0.29) is 31.1 Å². The molecule has 6 heteroatoms. The van der Waals surface area contributed by atoms with Crippen molar-refractivity contribution < 1.29 is 28.6 Å². The second-order valence-corrected chi connectivity index (χ2v) is 25.2. The van der Waals surface area contributed by atoms with Crippen molar-refractivity contribution in [1.29, 1.82) is 0 Å². The van der Waals surface area contributed by atoms with E-state index in [4.69, 9.17) is 14.2 Å². The van der Waals surface area contributed by atoms with Crippen LogP contribution in [0.1, 0.15) is 406 Å². The molecule has 83 heavy (non-hydrogen) atoms. The predicted octanol–water partition coefficient (Wildman–Crippen LogP) is 25.7. The summed E-state index contributed by atoms with van der Waals surface area (Å²) in [5, 5.41) is 0. The van der Waals surface area contributed by atoms with Crippen LogP contribution in [0.25, 0.3) is 0 Å². The number of esters is 3. The van der Waals surface area contributed by atoms with E-state index in [9.17, 15) is 14.4 Å². The van der Waals surface area contributed by atoms with Crippen LogP contribution in [0.3, 0.4) is 0 Å².